The molecule has 1 nitrogen and oxygen atoms in total. The molecule has 0 fully saturated rings. The number of rotatable bonds is 3. The van der Waals surface area contributed by atoms with Crippen LogP contribution in [0.4, 0.5) is 0 Å². The van der Waals surface area contributed by atoms with Crippen LogP contribution in [0.25, 0.3) is 42.0 Å². The van der Waals surface area contributed by atoms with Gasteiger partial charge in [-0.25, -0.2) is 0 Å². The standard InChI is InChI=1S/C23H21NS/c1-3-4-7-15-10-11-20-17(12-15)18-14-23-19(13-21(18)24(20)2)16-8-5-6-9-22(16)25-23/h5-6,8-14H,3-4,7H2,1-2H3. The fraction of sp³-hybridized carbons (Fsp3) is 0.217. The highest BCUT2D eigenvalue weighted by atomic mass is 32.1. The van der Waals surface area contributed by atoms with Gasteiger partial charge in [0, 0.05) is 49.0 Å². The molecular weight excluding hydrogens is 322 g/mol. The smallest absolute Gasteiger partial charge is 0.0495 e. The highest BCUT2D eigenvalue weighted by Crippen LogP contribution is 2.39. The van der Waals surface area contributed by atoms with Crippen molar-refractivity contribution < 1.29 is 0 Å². The summed E-state index contributed by atoms with van der Waals surface area (Å²) in [6.45, 7) is 2.26. The van der Waals surface area contributed by atoms with Crippen molar-refractivity contribution in [3.63, 3.8) is 0 Å². The lowest BCUT2D eigenvalue weighted by Gasteiger charge is -2.01. The second-order valence-corrected chi connectivity index (χ2v) is 8.06. The molecule has 0 aliphatic carbocycles. The Labute approximate surface area is 151 Å². The summed E-state index contributed by atoms with van der Waals surface area (Å²) in [5.41, 5.74) is 4.12. The van der Waals surface area contributed by atoms with Crippen LogP contribution in [0.5, 0.6) is 0 Å². The number of nitrogens with zero attached hydrogens (tertiary/aromatic N) is 1. The number of aryl methyl sites for hydroxylation is 2. The number of unbranched alkanes of at least 4 members (excludes halogenated alkanes) is 1. The lowest BCUT2D eigenvalue weighted by molar-refractivity contribution is 0.796. The summed E-state index contributed by atoms with van der Waals surface area (Å²) >= 11 is 1.90. The molecule has 0 saturated heterocycles. The van der Waals surface area contributed by atoms with E-state index >= 15 is 0 Å². The minimum Gasteiger partial charge on any atom is -0.344 e. The van der Waals surface area contributed by atoms with E-state index < -0.39 is 0 Å². The summed E-state index contributed by atoms with van der Waals surface area (Å²) in [7, 11) is 2.19. The molecule has 0 atom stereocenters. The van der Waals surface area contributed by atoms with Crippen LogP contribution in [-0.2, 0) is 13.5 Å². The summed E-state index contributed by atoms with van der Waals surface area (Å²) in [6, 6.07) is 20.5. The van der Waals surface area contributed by atoms with Crippen molar-refractivity contribution in [2.75, 3.05) is 0 Å². The van der Waals surface area contributed by atoms with Crippen LogP contribution in [0.2, 0.25) is 0 Å². The van der Waals surface area contributed by atoms with Crippen molar-refractivity contribution in [3.8, 4) is 0 Å². The minimum atomic E-state index is 1.17. The monoisotopic (exact) mass is 343 g/mol. The Balaban J connectivity index is 1.84. The van der Waals surface area contributed by atoms with E-state index in [0.29, 0.717) is 0 Å². The van der Waals surface area contributed by atoms with Crippen molar-refractivity contribution in [2.24, 2.45) is 7.05 Å². The molecule has 0 N–H and O–H groups in total. The Hall–Kier alpha value is -2.32. The quantitative estimate of drug-likeness (QED) is 0.331. The molecule has 2 heteroatoms. The van der Waals surface area contributed by atoms with Crippen molar-refractivity contribution in [1.29, 1.82) is 0 Å². The molecule has 5 aromatic rings. The molecule has 25 heavy (non-hydrogen) atoms. The van der Waals surface area contributed by atoms with Gasteiger partial charge in [0.15, 0.2) is 0 Å². The number of hydrogen-bond acceptors (Lipinski definition) is 1. The first-order chi connectivity index (χ1) is 12.3. The lowest BCUT2D eigenvalue weighted by Crippen LogP contribution is -1.88. The molecule has 0 spiro atoms. The fourth-order valence-electron chi connectivity index (χ4n) is 4.01. The predicted molar refractivity (Wildman–Crippen MR) is 112 cm³/mol. The second kappa shape index (κ2) is 5.60. The summed E-state index contributed by atoms with van der Waals surface area (Å²) in [6.07, 6.45) is 3.68. The van der Waals surface area contributed by atoms with Gasteiger partial charge in [0.2, 0.25) is 0 Å². The lowest BCUT2D eigenvalue weighted by atomic mass is 10.0. The van der Waals surface area contributed by atoms with Gasteiger partial charge in [-0.3, -0.25) is 0 Å². The number of thiophene rings is 1. The molecule has 0 saturated carbocycles. The molecule has 0 unspecified atom stereocenters. The number of hydrogen-bond donors (Lipinski definition) is 0. The molecule has 2 aromatic heterocycles. The summed E-state index contributed by atoms with van der Waals surface area (Å²) in [4.78, 5) is 0. The zero-order valence-corrected chi connectivity index (χ0v) is 15.5. The SMILES string of the molecule is CCCCc1ccc2c(c1)c1cc3sc4ccccc4c3cc1n2C. The third-order valence-corrected chi connectivity index (χ3v) is 6.52. The van der Waals surface area contributed by atoms with Crippen LogP contribution in [0.15, 0.2) is 54.6 Å². The molecule has 124 valence electrons. The van der Waals surface area contributed by atoms with Crippen LogP contribution in [0, 0.1) is 0 Å². The Morgan fingerprint density at radius 2 is 1.64 bits per heavy atom. The van der Waals surface area contributed by atoms with E-state index in [4.69, 9.17) is 0 Å². The fourth-order valence-corrected chi connectivity index (χ4v) is 5.14. The van der Waals surface area contributed by atoms with E-state index in [1.807, 2.05) is 11.3 Å². The highest BCUT2D eigenvalue weighted by molar-refractivity contribution is 7.25. The summed E-state index contributed by atoms with van der Waals surface area (Å²) in [5, 5.41) is 5.53. The Morgan fingerprint density at radius 1 is 0.800 bits per heavy atom. The third kappa shape index (κ3) is 2.21. The van der Waals surface area contributed by atoms with Crippen LogP contribution in [-0.4, -0.2) is 4.57 Å². The maximum Gasteiger partial charge on any atom is 0.0495 e. The molecule has 0 aliphatic rings. The zero-order valence-electron chi connectivity index (χ0n) is 14.7. The van der Waals surface area contributed by atoms with Crippen LogP contribution < -0.4 is 0 Å². The van der Waals surface area contributed by atoms with E-state index in [-0.39, 0.29) is 0 Å². The largest absolute Gasteiger partial charge is 0.344 e. The van der Waals surface area contributed by atoms with Gasteiger partial charge in [0.25, 0.3) is 0 Å². The molecule has 2 heterocycles. The Morgan fingerprint density at radius 3 is 2.52 bits per heavy atom. The van der Waals surface area contributed by atoms with Gasteiger partial charge < -0.3 is 4.57 Å². The first-order valence-corrected chi connectivity index (χ1v) is 9.90. The molecule has 0 amide bonds. The van der Waals surface area contributed by atoms with Gasteiger partial charge in [-0.2, -0.15) is 0 Å². The molecule has 0 radical (unpaired) electrons. The van der Waals surface area contributed by atoms with Crippen molar-refractivity contribution in [2.45, 2.75) is 26.2 Å². The molecule has 3 aromatic carbocycles. The normalized spacial score (nSPS) is 12.1. The van der Waals surface area contributed by atoms with Crippen LogP contribution >= 0.6 is 11.3 Å². The maximum atomic E-state index is 2.41. The molecule has 0 aliphatic heterocycles. The number of benzene rings is 3. The molecule has 0 bridgehead atoms. The summed E-state index contributed by atoms with van der Waals surface area (Å²) in [5.74, 6) is 0. The summed E-state index contributed by atoms with van der Waals surface area (Å²) < 4.78 is 5.11. The number of aromatic nitrogens is 1. The van der Waals surface area contributed by atoms with Crippen molar-refractivity contribution in [3.05, 3.63) is 60.2 Å². The van der Waals surface area contributed by atoms with E-state index in [2.05, 4.69) is 73.1 Å². The van der Waals surface area contributed by atoms with Gasteiger partial charge in [-0.1, -0.05) is 37.6 Å². The molecular formula is C23H21NS. The minimum absolute atomic E-state index is 1.17. The van der Waals surface area contributed by atoms with Crippen molar-refractivity contribution in [1.82, 2.24) is 4.57 Å². The first-order valence-electron chi connectivity index (χ1n) is 9.08. The second-order valence-electron chi connectivity index (χ2n) is 6.98. The van der Waals surface area contributed by atoms with Crippen LogP contribution in [0.1, 0.15) is 25.3 Å². The maximum absolute atomic E-state index is 2.41. The van der Waals surface area contributed by atoms with E-state index in [1.165, 1.54) is 66.8 Å². The van der Waals surface area contributed by atoms with Gasteiger partial charge in [-0.15, -0.1) is 11.3 Å². The first kappa shape index (κ1) is 15.0. The topological polar surface area (TPSA) is 4.93 Å². The zero-order chi connectivity index (χ0) is 17.0. The Bertz CT molecular complexity index is 1240. The van der Waals surface area contributed by atoms with Gasteiger partial charge >= 0.3 is 0 Å². The van der Waals surface area contributed by atoms with Gasteiger partial charge in [0.05, 0.1) is 0 Å². The predicted octanol–water partition coefficient (Wildman–Crippen LogP) is 7.04. The molecule has 5 rings (SSSR count). The Kier molecular flexibility index (Phi) is 3.36. The van der Waals surface area contributed by atoms with Crippen LogP contribution in [0.3, 0.4) is 0 Å². The van der Waals surface area contributed by atoms with Crippen molar-refractivity contribution >= 4 is 53.3 Å². The number of fused-ring (bicyclic) bond motifs is 6. The van der Waals surface area contributed by atoms with E-state index in [1.54, 1.807) is 0 Å². The van der Waals surface area contributed by atoms with E-state index in [9.17, 15) is 0 Å². The average molecular weight is 343 g/mol. The van der Waals surface area contributed by atoms with Gasteiger partial charge in [0.1, 0.15) is 0 Å². The van der Waals surface area contributed by atoms with E-state index in [0.717, 1.165) is 0 Å². The average Bonchev–Trinajstić information content (AvgIpc) is 3.14. The third-order valence-electron chi connectivity index (χ3n) is 5.39. The van der Waals surface area contributed by atoms with Gasteiger partial charge in [-0.05, 0) is 48.7 Å². The highest BCUT2D eigenvalue weighted by Gasteiger charge is 2.13.